The molecule has 1 aliphatic heterocycles. The largest absolute Gasteiger partial charge is 0.389 e. The average Bonchev–Trinajstić information content (AvgIpc) is 2.58. The minimum atomic E-state index is -0.309. The maximum Gasteiger partial charge on any atom is 0.223 e. The fourth-order valence-electron chi connectivity index (χ4n) is 6.90. The second kappa shape index (κ2) is 5.57. The molecule has 134 valence electrons. The molecule has 1 N–H and O–H groups in total. The molecular formula is C22H29NO2. The van der Waals surface area contributed by atoms with Crippen molar-refractivity contribution in [3.63, 3.8) is 0 Å². The van der Waals surface area contributed by atoms with E-state index in [9.17, 15) is 9.90 Å². The molecule has 1 saturated heterocycles. The highest BCUT2D eigenvalue weighted by Gasteiger charge is 2.60. The molecule has 5 fully saturated rings. The standard InChI is InChI=1S/C22H29NO2/c1-14-15-7-18-9-16(14)10-19(8-15)22(18,17-5-3-2-4-6-17)11-21(25)23-12-20(24)13-23/h2-6,14-16,18-20,24H,7-13H2,1H3. The van der Waals surface area contributed by atoms with Crippen molar-refractivity contribution < 1.29 is 9.90 Å². The fraction of sp³-hybridized carbons (Fsp3) is 0.682. The van der Waals surface area contributed by atoms with Crippen molar-refractivity contribution in [3.8, 4) is 0 Å². The SMILES string of the molecule is CC1C2CC3CC1CC(C2)C3(CC(=O)N1CC(O)C1)c1ccccc1. The van der Waals surface area contributed by atoms with Gasteiger partial charge < -0.3 is 10.0 Å². The van der Waals surface area contributed by atoms with Crippen molar-refractivity contribution in [3.05, 3.63) is 35.9 Å². The van der Waals surface area contributed by atoms with Crippen LogP contribution in [0.15, 0.2) is 30.3 Å². The Morgan fingerprint density at radius 3 is 2.16 bits per heavy atom. The van der Waals surface area contributed by atoms with E-state index in [1.165, 1.54) is 31.2 Å². The van der Waals surface area contributed by atoms with E-state index in [1.807, 2.05) is 4.90 Å². The summed E-state index contributed by atoms with van der Waals surface area (Å²) in [6.07, 6.45) is 5.55. The van der Waals surface area contributed by atoms with E-state index >= 15 is 0 Å². The summed E-state index contributed by atoms with van der Waals surface area (Å²) >= 11 is 0. The van der Waals surface area contributed by atoms with Crippen LogP contribution >= 0.6 is 0 Å². The van der Waals surface area contributed by atoms with Crippen LogP contribution < -0.4 is 0 Å². The van der Waals surface area contributed by atoms with Gasteiger partial charge in [-0.1, -0.05) is 37.3 Å². The number of rotatable bonds is 3. The van der Waals surface area contributed by atoms with Gasteiger partial charge >= 0.3 is 0 Å². The van der Waals surface area contributed by atoms with Crippen LogP contribution in [0.1, 0.15) is 44.6 Å². The smallest absolute Gasteiger partial charge is 0.223 e. The predicted octanol–water partition coefficient (Wildman–Crippen LogP) is 3.22. The van der Waals surface area contributed by atoms with E-state index in [2.05, 4.69) is 37.3 Å². The molecular weight excluding hydrogens is 310 g/mol. The zero-order valence-electron chi connectivity index (χ0n) is 15.1. The van der Waals surface area contributed by atoms with Crippen molar-refractivity contribution in [2.45, 2.75) is 50.5 Å². The fourth-order valence-corrected chi connectivity index (χ4v) is 6.90. The van der Waals surface area contributed by atoms with Gasteiger partial charge in [-0.25, -0.2) is 0 Å². The number of carbonyl (C=O) groups excluding carboxylic acids is 1. The van der Waals surface area contributed by atoms with E-state index in [1.54, 1.807) is 0 Å². The van der Waals surface area contributed by atoms with Crippen LogP contribution in [-0.4, -0.2) is 35.1 Å². The molecule has 3 nitrogen and oxygen atoms in total. The molecule has 4 saturated carbocycles. The van der Waals surface area contributed by atoms with Crippen molar-refractivity contribution in [1.82, 2.24) is 4.90 Å². The summed E-state index contributed by atoms with van der Waals surface area (Å²) in [5.74, 6) is 4.20. The summed E-state index contributed by atoms with van der Waals surface area (Å²) in [5.41, 5.74) is 1.43. The van der Waals surface area contributed by atoms with Gasteiger partial charge in [0.15, 0.2) is 0 Å². The molecule has 1 amide bonds. The van der Waals surface area contributed by atoms with Gasteiger partial charge in [-0.05, 0) is 60.8 Å². The topological polar surface area (TPSA) is 40.5 Å². The highest BCUT2D eigenvalue weighted by Crippen LogP contribution is 2.65. The van der Waals surface area contributed by atoms with E-state index in [0.717, 1.165) is 17.8 Å². The predicted molar refractivity (Wildman–Crippen MR) is 96.9 cm³/mol. The third kappa shape index (κ3) is 2.24. The van der Waals surface area contributed by atoms with E-state index in [-0.39, 0.29) is 17.4 Å². The van der Waals surface area contributed by atoms with Gasteiger partial charge in [0.2, 0.25) is 5.91 Å². The summed E-state index contributed by atoms with van der Waals surface area (Å²) in [6, 6.07) is 10.9. The minimum Gasteiger partial charge on any atom is -0.389 e. The zero-order valence-corrected chi connectivity index (χ0v) is 15.1. The summed E-state index contributed by atoms with van der Waals surface area (Å²) in [6.45, 7) is 3.52. The average molecular weight is 339 g/mol. The van der Waals surface area contributed by atoms with E-state index in [4.69, 9.17) is 0 Å². The van der Waals surface area contributed by atoms with Crippen LogP contribution in [0.3, 0.4) is 0 Å². The third-order valence-corrected chi connectivity index (χ3v) is 8.26. The van der Waals surface area contributed by atoms with Crippen LogP contribution in [-0.2, 0) is 10.2 Å². The Morgan fingerprint density at radius 1 is 1.08 bits per heavy atom. The van der Waals surface area contributed by atoms with Crippen molar-refractivity contribution in [2.75, 3.05) is 13.1 Å². The number of amides is 1. The quantitative estimate of drug-likeness (QED) is 0.918. The Balaban J connectivity index is 1.51. The molecule has 1 aromatic rings. The lowest BCUT2D eigenvalue weighted by Gasteiger charge is -2.64. The van der Waals surface area contributed by atoms with Crippen LogP contribution in [0, 0.1) is 29.6 Å². The van der Waals surface area contributed by atoms with Gasteiger partial charge in [0.05, 0.1) is 6.10 Å². The van der Waals surface area contributed by atoms with Gasteiger partial charge in [0, 0.05) is 24.9 Å². The second-order valence-corrected chi connectivity index (χ2v) is 9.25. The maximum atomic E-state index is 13.0. The van der Waals surface area contributed by atoms with Gasteiger partial charge in [-0.2, -0.15) is 0 Å². The Labute approximate surface area is 150 Å². The molecule has 25 heavy (non-hydrogen) atoms. The lowest BCUT2D eigenvalue weighted by Crippen LogP contribution is -2.61. The molecule has 4 bridgehead atoms. The van der Waals surface area contributed by atoms with Crippen LogP contribution in [0.2, 0.25) is 0 Å². The van der Waals surface area contributed by atoms with Crippen LogP contribution in [0.5, 0.6) is 0 Å². The first-order valence-corrected chi connectivity index (χ1v) is 10.1. The normalized spacial score (nSPS) is 42.5. The number of benzene rings is 1. The molecule has 0 unspecified atom stereocenters. The Kier molecular flexibility index (Phi) is 3.54. The molecule has 0 radical (unpaired) electrons. The molecule has 5 aliphatic rings. The van der Waals surface area contributed by atoms with Crippen molar-refractivity contribution in [2.24, 2.45) is 29.6 Å². The number of hydrogen-bond donors (Lipinski definition) is 1. The lowest BCUT2D eigenvalue weighted by atomic mass is 9.41. The number of aliphatic hydroxyl groups is 1. The highest BCUT2D eigenvalue weighted by molar-refractivity contribution is 5.79. The molecule has 1 heterocycles. The van der Waals surface area contributed by atoms with Gasteiger partial charge in [0.25, 0.3) is 0 Å². The Bertz CT molecular complexity index is 634. The maximum absolute atomic E-state index is 13.0. The summed E-state index contributed by atoms with van der Waals surface area (Å²) in [5, 5.41) is 9.59. The summed E-state index contributed by atoms with van der Waals surface area (Å²) < 4.78 is 0. The molecule has 6 rings (SSSR count). The van der Waals surface area contributed by atoms with Gasteiger partial charge in [-0.3, -0.25) is 4.79 Å². The van der Waals surface area contributed by atoms with Gasteiger partial charge in [-0.15, -0.1) is 0 Å². The van der Waals surface area contributed by atoms with Crippen LogP contribution in [0.4, 0.5) is 0 Å². The first-order valence-electron chi connectivity index (χ1n) is 10.1. The number of β-amino-alcohol motifs (C(OH)–C–C–N with tert-alkyl or cyclic N) is 1. The number of likely N-dealkylation sites (tertiary alicyclic amines) is 1. The first kappa shape index (κ1) is 15.9. The third-order valence-electron chi connectivity index (χ3n) is 8.26. The van der Waals surface area contributed by atoms with E-state index in [0.29, 0.717) is 31.3 Å². The number of hydrogen-bond acceptors (Lipinski definition) is 2. The van der Waals surface area contributed by atoms with Gasteiger partial charge in [0.1, 0.15) is 0 Å². The molecule has 4 aliphatic carbocycles. The summed E-state index contributed by atoms with van der Waals surface area (Å²) in [7, 11) is 0. The van der Waals surface area contributed by atoms with Crippen molar-refractivity contribution in [1.29, 1.82) is 0 Å². The Morgan fingerprint density at radius 2 is 1.64 bits per heavy atom. The zero-order chi connectivity index (χ0) is 17.2. The monoisotopic (exact) mass is 339 g/mol. The molecule has 0 spiro atoms. The van der Waals surface area contributed by atoms with Crippen molar-refractivity contribution >= 4 is 5.91 Å². The molecule has 0 aromatic heterocycles. The molecule has 3 heteroatoms. The van der Waals surface area contributed by atoms with E-state index < -0.39 is 0 Å². The van der Waals surface area contributed by atoms with Crippen LogP contribution in [0.25, 0.3) is 0 Å². The highest BCUT2D eigenvalue weighted by atomic mass is 16.3. The molecule has 1 aromatic carbocycles. The first-order chi connectivity index (χ1) is 12.1. The number of nitrogens with zero attached hydrogens (tertiary/aromatic N) is 1. The lowest BCUT2D eigenvalue weighted by molar-refractivity contribution is -0.151. The second-order valence-electron chi connectivity index (χ2n) is 9.25. The number of aliphatic hydroxyl groups excluding tert-OH is 1. The number of carbonyl (C=O) groups is 1. The minimum absolute atomic E-state index is 0.0338. The molecule has 0 atom stereocenters. The summed E-state index contributed by atoms with van der Waals surface area (Å²) in [4.78, 5) is 14.9. The Hall–Kier alpha value is -1.35.